The number of esters is 2. The molecular weight excluding hydrogens is 746 g/mol. The van der Waals surface area contributed by atoms with Gasteiger partial charge < -0.3 is 35.2 Å². The number of carbonyl (C=O) groups is 5. The second-order valence-electron chi connectivity index (χ2n) is 12.6. The van der Waals surface area contributed by atoms with Crippen LogP contribution in [0.2, 0.25) is 0 Å². The van der Waals surface area contributed by atoms with Gasteiger partial charge in [0.15, 0.2) is 0 Å². The summed E-state index contributed by atoms with van der Waals surface area (Å²) in [6.45, 7) is 24.8. The summed E-state index contributed by atoms with van der Waals surface area (Å²) in [6, 6.07) is 3.87. The van der Waals surface area contributed by atoms with Crippen LogP contribution in [0.15, 0.2) is 24.5 Å². The number of aliphatic carboxylic acids is 1. The number of carbonyl (C=O) groups excluding carboxylic acids is 5. The van der Waals surface area contributed by atoms with Crippen molar-refractivity contribution in [2.75, 3.05) is 32.4 Å². The summed E-state index contributed by atoms with van der Waals surface area (Å²) in [6.07, 6.45) is 0. The molecule has 0 fully saturated rings. The Morgan fingerprint density at radius 1 is 0.759 bits per heavy atom. The van der Waals surface area contributed by atoms with Crippen molar-refractivity contribution in [3.8, 4) is 23.7 Å². The SMILES string of the molecule is C=C(C)OC.CC(=O)OOC(C)=O.CC(=O)[O-].COC(=O)c1sc(C#CC(C)(C)C)cc1N.COC(=O)c1sc(C#CC(C)(C)C)cc1NC(C)C.[B].[Na+]. The largest absolute Gasteiger partial charge is 1.00 e. The quantitative estimate of drug-likeness (QED) is 0.112. The Morgan fingerprint density at radius 2 is 1.09 bits per heavy atom. The number of nitrogens with one attached hydrogen (secondary N) is 1. The van der Waals surface area contributed by atoms with Crippen LogP contribution in [0.25, 0.3) is 0 Å². The monoisotopic (exact) mass is 799 g/mol. The maximum Gasteiger partial charge on any atom is 1.00 e. The fourth-order valence-corrected chi connectivity index (χ4v) is 4.19. The van der Waals surface area contributed by atoms with Gasteiger partial charge in [-0.1, -0.05) is 30.3 Å². The first kappa shape index (κ1) is 59.4. The molecule has 13 nitrogen and oxygen atoms in total. The van der Waals surface area contributed by atoms with Gasteiger partial charge in [0.05, 0.1) is 48.2 Å². The molecule has 0 spiro atoms. The third kappa shape index (κ3) is 35.1. The second-order valence-corrected chi connectivity index (χ2v) is 14.7. The van der Waals surface area contributed by atoms with Gasteiger partial charge in [0.25, 0.3) is 0 Å². The number of nitrogens with two attached hydrogens (primary N) is 1. The minimum Gasteiger partial charge on any atom is -0.550 e. The van der Waals surface area contributed by atoms with E-state index in [9.17, 15) is 19.2 Å². The van der Waals surface area contributed by atoms with Gasteiger partial charge in [-0.05, 0) is 81.4 Å². The molecule has 0 aliphatic heterocycles. The Balaban J connectivity index is -0.000000205. The molecule has 0 atom stereocenters. The number of carboxylic acids is 1. The average molecular weight is 800 g/mol. The Kier molecular flexibility index (Phi) is 33.4. The molecule has 0 aliphatic rings. The van der Waals surface area contributed by atoms with Gasteiger partial charge in [-0.2, -0.15) is 0 Å². The number of carboxylic acid groups (broad SMARTS) is 1. The van der Waals surface area contributed by atoms with Crippen molar-refractivity contribution in [1.29, 1.82) is 0 Å². The number of rotatable bonds is 5. The maximum atomic E-state index is 11.7. The summed E-state index contributed by atoms with van der Waals surface area (Å²) in [5, 5.41) is 12.1. The van der Waals surface area contributed by atoms with Crippen LogP contribution in [0.4, 0.5) is 11.4 Å². The first-order chi connectivity index (χ1) is 23.7. The van der Waals surface area contributed by atoms with Gasteiger partial charge in [-0.15, -0.1) is 22.7 Å². The van der Waals surface area contributed by atoms with Gasteiger partial charge in [-0.3, -0.25) is 0 Å². The number of hydrogen-bond acceptors (Lipinski definition) is 15. The third-order valence-corrected chi connectivity index (χ3v) is 6.50. The molecule has 2 heterocycles. The van der Waals surface area contributed by atoms with E-state index in [0.717, 1.165) is 42.0 Å². The number of methoxy groups -OCH3 is 3. The van der Waals surface area contributed by atoms with E-state index in [0.29, 0.717) is 15.4 Å². The Hall–Kier alpha value is -3.93. The molecule has 0 unspecified atom stereocenters. The predicted octanol–water partition coefficient (Wildman–Crippen LogP) is 2.84. The molecule has 2 aromatic heterocycles. The van der Waals surface area contributed by atoms with Crippen LogP contribution in [0.3, 0.4) is 0 Å². The summed E-state index contributed by atoms with van der Waals surface area (Å²) in [5.41, 5.74) is 6.80. The van der Waals surface area contributed by atoms with Crippen molar-refractivity contribution < 1.29 is 82.6 Å². The van der Waals surface area contributed by atoms with Gasteiger partial charge in [0, 0.05) is 45.1 Å². The van der Waals surface area contributed by atoms with E-state index in [2.05, 4.69) is 75.6 Å². The van der Waals surface area contributed by atoms with Crippen molar-refractivity contribution in [3.63, 3.8) is 0 Å². The molecule has 0 saturated heterocycles. The normalized spacial score (nSPS) is 9.19. The zero-order valence-electron chi connectivity index (χ0n) is 34.4. The topological polar surface area (TPSA) is 193 Å². The molecule has 0 saturated carbocycles. The smallest absolute Gasteiger partial charge is 0.550 e. The van der Waals surface area contributed by atoms with E-state index in [4.69, 9.17) is 20.4 Å². The molecule has 0 aliphatic carbocycles. The Labute approximate surface area is 352 Å². The Bertz CT molecular complexity index is 1600. The minimum absolute atomic E-state index is 0. The summed E-state index contributed by atoms with van der Waals surface area (Å²) >= 11 is 2.62. The van der Waals surface area contributed by atoms with Crippen LogP contribution in [-0.4, -0.2) is 65.6 Å². The third-order valence-electron chi connectivity index (χ3n) is 4.42. The molecule has 17 heteroatoms. The summed E-state index contributed by atoms with van der Waals surface area (Å²) in [5.74, 6) is 10.0. The fourth-order valence-electron chi connectivity index (χ4n) is 2.45. The van der Waals surface area contributed by atoms with Crippen LogP contribution in [0.5, 0.6) is 0 Å². The van der Waals surface area contributed by atoms with E-state index < -0.39 is 23.9 Å². The molecule has 2 rings (SSSR count). The van der Waals surface area contributed by atoms with Crippen LogP contribution in [-0.2, 0) is 38.4 Å². The predicted molar refractivity (Wildman–Crippen MR) is 209 cm³/mol. The van der Waals surface area contributed by atoms with Gasteiger partial charge in [-0.25, -0.2) is 29.0 Å². The molecule has 2 aromatic rings. The van der Waals surface area contributed by atoms with E-state index in [1.54, 1.807) is 20.1 Å². The number of thiophene rings is 2. The van der Waals surface area contributed by atoms with E-state index >= 15 is 0 Å². The molecule has 0 aromatic carbocycles. The number of anilines is 2. The minimum atomic E-state index is -1.08. The van der Waals surface area contributed by atoms with Crippen LogP contribution >= 0.6 is 22.7 Å². The van der Waals surface area contributed by atoms with E-state index in [-0.39, 0.29) is 60.8 Å². The molecular formula is C37H53BN2NaO11S2. The standard InChI is InChI=1S/C15H21NO2S.C12H15NO2S.C4H6O4.C4H8O.C2H4O2.B.Na/c1-10(2)16-12-9-11(7-8-15(3,4)5)19-13(12)14(17)18-6;1-12(2,3)6-5-8-7-9(13)10(16-8)11(14)15-4;1-3(5)7-8-4(2)6;1-4(2)5-3;1-2(3)4;;/h9-10,16H,1-6H3;7H,13H2,1-4H3;1-2H3;1H2,2-3H3;1H3,(H,3,4);;/q;;;;;;+1/p-1. The second kappa shape index (κ2) is 30.4. The van der Waals surface area contributed by atoms with Crippen molar-refractivity contribution in [3.05, 3.63) is 44.0 Å². The van der Waals surface area contributed by atoms with E-state index in [1.807, 2.05) is 40.7 Å². The van der Waals surface area contributed by atoms with Crippen LogP contribution < -0.4 is 45.7 Å². The van der Waals surface area contributed by atoms with Crippen LogP contribution in [0.1, 0.15) is 112 Å². The first-order valence-electron chi connectivity index (χ1n) is 15.4. The van der Waals surface area contributed by atoms with Gasteiger partial charge in [0.2, 0.25) is 0 Å². The van der Waals surface area contributed by atoms with Gasteiger partial charge in [0.1, 0.15) is 9.75 Å². The molecule has 293 valence electrons. The number of nitrogen functional groups attached to an aromatic ring is 1. The average Bonchev–Trinajstić information content (AvgIpc) is 3.59. The molecule has 54 heavy (non-hydrogen) atoms. The molecule has 0 bridgehead atoms. The molecule has 0 amide bonds. The van der Waals surface area contributed by atoms with E-state index in [1.165, 1.54) is 36.9 Å². The maximum absolute atomic E-state index is 11.7. The summed E-state index contributed by atoms with van der Waals surface area (Å²) in [7, 11) is 4.33. The first-order valence-corrected chi connectivity index (χ1v) is 17.1. The van der Waals surface area contributed by atoms with Crippen molar-refractivity contribution >= 4 is 72.3 Å². The number of ether oxygens (including phenoxy) is 3. The molecule has 3 N–H and O–H groups in total. The van der Waals surface area contributed by atoms with Crippen molar-refractivity contribution in [2.24, 2.45) is 10.8 Å². The number of hydrogen-bond donors (Lipinski definition) is 2. The van der Waals surface area contributed by atoms with Crippen molar-refractivity contribution in [2.45, 2.75) is 89.1 Å². The number of allylic oxidation sites excluding steroid dienone is 1. The summed E-state index contributed by atoms with van der Waals surface area (Å²) in [4.78, 5) is 61.9. The van der Waals surface area contributed by atoms with Gasteiger partial charge >= 0.3 is 53.4 Å². The van der Waals surface area contributed by atoms with Crippen LogP contribution in [0, 0.1) is 34.5 Å². The zero-order chi connectivity index (χ0) is 41.4. The fraction of sp³-hybridized carbons (Fsp3) is 0.486. The van der Waals surface area contributed by atoms with Crippen molar-refractivity contribution in [1.82, 2.24) is 0 Å². The Morgan fingerprint density at radius 3 is 1.39 bits per heavy atom. The summed E-state index contributed by atoms with van der Waals surface area (Å²) < 4.78 is 14.0. The molecule has 3 radical (unpaired) electrons. The zero-order valence-corrected chi connectivity index (χ0v) is 38.0.